The molecule has 1 rings (SSSR count). The van der Waals surface area contributed by atoms with Gasteiger partial charge in [-0.3, -0.25) is 4.79 Å². The molecule has 4 nitrogen and oxygen atoms in total. The first-order valence-corrected chi connectivity index (χ1v) is 17.3. The van der Waals surface area contributed by atoms with Gasteiger partial charge in [0.25, 0.3) is 0 Å². The fourth-order valence-corrected chi connectivity index (χ4v) is 10.4. The second kappa shape index (κ2) is 14.2. The molecule has 0 saturated heterocycles. The van der Waals surface area contributed by atoms with Crippen molar-refractivity contribution in [2.24, 2.45) is 5.92 Å². The van der Waals surface area contributed by atoms with Crippen LogP contribution in [0, 0.1) is 5.92 Å². The van der Waals surface area contributed by atoms with Gasteiger partial charge in [-0.25, -0.2) is 3.63 Å². The molecule has 282 valence electrons. The topological polar surface area (TPSA) is 60.4 Å². The summed E-state index contributed by atoms with van der Waals surface area (Å²) in [5, 5.41) is -7.77. The Balaban J connectivity index is 3.77. The lowest BCUT2D eigenvalue weighted by Gasteiger charge is -2.43. The zero-order valence-corrected chi connectivity index (χ0v) is 26.1. The van der Waals surface area contributed by atoms with E-state index >= 15 is 0 Å². The van der Waals surface area contributed by atoms with E-state index in [1.165, 1.54) is 13.8 Å². The van der Waals surface area contributed by atoms with Crippen molar-refractivity contribution in [2.45, 2.75) is 119 Å². The van der Waals surface area contributed by atoms with Crippen molar-refractivity contribution < 1.29 is 91.5 Å². The number of unbranched alkanes of at least 4 members (excludes halogenated alkanes) is 2. The number of halogens is 17. The van der Waals surface area contributed by atoms with Crippen molar-refractivity contribution in [1.29, 1.82) is 0 Å². The van der Waals surface area contributed by atoms with Gasteiger partial charge in [-0.15, -0.1) is 10.3 Å². The van der Waals surface area contributed by atoms with Crippen LogP contribution in [0.25, 0.3) is 0 Å². The van der Waals surface area contributed by atoms with Gasteiger partial charge in [0.1, 0.15) is 5.78 Å². The SMILES string of the molecule is CCCCS(CCCC)(CC(=O)C1CCCCC1)OS(=O)(=O)C(F)(F)C(F)(F)C(F)(F)C(F)(F)C(F)(F)C(F)(F)C(F)(F)C(F)(F)F. The molecule has 0 heterocycles. The van der Waals surface area contributed by atoms with Gasteiger partial charge in [0, 0.05) is 17.4 Å². The van der Waals surface area contributed by atoms with Crippen molar-refractivity contribution in [3.8, 4) is 0 Å². The Labute approximate surface area is 259 Å². The van der Waals surface area contributed by atoms with Gasteiger partial charge in [-0.1, -0.05) is 46.0 Å². The van der Waals surface area contributed by atoms with Crippen molar-refractivity contribution in [1.82, 2.24) is 0 Å². The summed E-state index contributed by atoms with van der Waals surface area (Å²) in [5.41, 5.74) is 0. The summed E-state index contributed by atoms with van der Waals surface area (Å²) < 4.78 is 263. The Morgan fingerprint density at radius 3 is 1.32 bits per heavy atom. The molecule has 0 radical (unpaired) electrons. The molecule has 0 spiro atoms. The number of hydrogen-bond donors (Lipinski definition) is 0. The lowest BCUT2D eigenvalue weighted by Crippen LogP contribution is -2.75. The van der Waals surface area contributed by atoms with Crippen LogP contribution in [0.3, 0.4) is 0 Å². The minimum absolute atomic E-state index is 0.102. The number of Topliss-reactive ketones (excluding diaryl/α,β-unsaturated/α-hetero) is 1. The number of hydrogen-bond acceptors (Lipinski definition) is 4. The fourth-order valence-electron chi connectivity index (χ4n) is 4.49. The van der Waals surface area contributed by atoms with E-state index in [9.17, 15) is 87.8 Å². The molecule has 47 heavy (non-hydrogen) atoms. The lowest BCUT2D eigenvalue weighted by molar-refractivity contribution is -0.458. The summed E-state index contributed by atoms with van der Waals surface area (Å²) in [4.78, 5) is 13.0. The maximum Gasteiger partial charge on any atom is 0.460 e. The van der Waals surface area contributed by atoms with E-state index in [4.69, 9.17) is 0 Å². The monoisotopic (exact) mass is 770 g/mol. The second-order valence-electron chi connectivity index (χ2n) is 11.0. The van der Waals surface area contributed by atoms with Crippen molar-refractivity contribution in [3.05, 3.63) is 0 Å². The van der Waals surface area contributed by atoms with Crippen LogP contribution in [-0.2, 0) is 18.5 Å². The lowest BCUT2D eigenvalue weighted by atomic mass is 9.87. The Hall–Kier alpha value is -1.26. The van der Waals surface area contributed by atoms with Crippen LogP contribution in [-0.4, -0.2) is 78.4 Å². The third kappa shape index (κ3) is 7.59. The Morgan fingerprint density at radius 1 is 0.596 bits per heavy atom. The fraction of sp³-hybridized carbons (Fsp3) is 0.958. The maximum absolute atomic E-state index is 14.9. The highest BCUT2D eigenvalue weighted by Gasteiger charge is 2.96. The summed E-state index contributed by atoms with van der Waals surface area (Å²) in [6.07, 6.45) is -5.93. The minimum Gasteiger partial charge on any atom is -0.298 e. The Bertz CT molecular complexity index is 1170. The third-order valence-corrected chi connectivity index (χ3v) is 13.1. The molecule has 0 atom stereocenters. The molecule has 1 saturated carbocycles. The molecule has 1 aliphatic rings. The van der Waals surface area contributed by atoms with E-state index < -0.39 is 96.4 Å². The highest BCUT2D eigenvalue weighted by Crippen LogP contribution is 2.65. The average Bonchev–Trinajstić information content (AvgIpc) is 2.93. The maximum atomic E-state index is 14.9. The molecule has 23 heteroatoms. The minimum atomic E-state index is -8.92. The van der Waals surface area contributed by atoms with Gasteiger partial charge in [-0.2, -0.15) is 83.1 Å². The molecule has 0 aromatic heterocycles. The van der Waals surface area contributed by atoms with E-state index in [-0.39, 0.29) is 38.5 Å². The molecular weight excluding hydrogens is 739 g/mol. The highest BCUT2D eigenvalue weighted by atomic mass is 32.3. The summed E-state index contributed by atoms with van der Waals surface area (Å²) in [6.45, 7) is 2.87. The van der Waals surface area contributed by atoms with Gasteiger partial charge in [0.2, 0.25) is 0 Å². The quantitative estimate of drug-likeness (QED) is 0.130. The molecule has 1 fully saturated rings. The van der Waals surface area contributed by atoms with Crippen LogP contribution in [0.15, 0.2) is 0 Å². The van der Waals surface area contributed by atoms with Crippen molar-refractivity contribution in [2.75, 3.05) is 17.3 Å². The number of carbonyl (C=O) groups excluding carboxylic acids is 1. The number of rotatable bonds is 18. The Morgan fingerprint density at radius 2 is 0.957 bits per heavy atom. The number of carbonyl (C=O) groups is 1. The average molecular weight is 771 g/mol. The molecule has 0 aromatic rings. The van der Waals surface area contributed by atoms with Crippen LogP contribution >= 0.6 is 10.3 Å². The first-order valence-electron chi connectivity index (χ1n) is 13.8. The largest absolute Gasteiger partial charge is 0.460 e. The van der Waals surface area contributed by atoms with Gasteiger partial charge < -0.3 is 0 Å². The summed E-state index contributed by atoms with van der Waals surface area (Å²) in [6, 6.07) is 0. The first-order chi connectivity index (χ1) is 20.8. The molecule has 1 aliphatic carbocycles. The molecule has 0 N–H and O–H groups in total. The van der Waals surface area contributed by atoms with Crippen LogP contribution in [0.5, 0.6) is 0 Å². The predicted octanol–water partition coefficient (Wildman–Crippen LogP) is 9.77. The van der Waals surface area contributed by atoms with Crippen molar-refractivity contribution >= 4 is 26.2 Å². The standard InChI is InChI=1S/C24H31F17O4S2/c1-3-5-12-46(13-6-4-2,14-16(42)15-10-8-7-9-11-15)45-47(43,44)24(40,41)22(35,36)20(31,32)18(27,28)17(25,26)19(29,30)21(33,34)23(37,38)39/h15H,3-14H2,1-2H3. The van der Waals surface area contributed by atoms with E-state index in [2.05, 4.69) is 3.63 Å². The summed E-state index contributed by atoms with van der Waals surface area (Å²) >= 11 is 0. The van der Waals surface area contributed by atoms with Gasteiger partial charge in [-0.05, 0) is 25.7 Å². The predicted molar refractivity (Wildman–Crippen MR) is 134 cm³/mol. The zero-order chi connectivity index (χ0) is 37.3. The van der Waals surface area contributed by atoms with Gasteiger partial charge in [0.05, 0.1) is 5.75 Å². The smallest absolute Gasteiger partial charge is 0.298 e. The normalized spacial score (nSPS) is 18.0. The van der Waals surface area contributed by atoms with E-state index in [0.29, 0.717) is 19.3 Å². The van der Waals surface area contributed by atoms with Crippen LogP contribution < -0.4 is 0 Å². The molecule has 0 aromatic carbocycles. The molecule has 0 aliphatic heterocycles. The molecular formula is C24H31F17O4S2. The molecule has 0 amide bonds. The van der Waals surface area contributed by atoms with Crippen molar-refractivity contribution in [3.63, 3.8) is 0 Å². The van der Waals surface area contributed by atoms with Crippen LogP contribution in [0.2, 0.25) is 0 Å². The zero-order valence-electron chi connectivity index (χ0n) is 24.4. The van der Waals surface area contributed by atoms with Gasteiger partial charge >= 0.3 is 57.1 Å². The number of alkyl halides is 17. The molecule has 0 bridgehead atoms. The van der Waals surface area contributed by atoms with E-state index in [0.717, 1.165) is 0 Å². The first kappa shape index (κ1) is 43.8. The van der Waals surface area contributed by atoms with E-state index in [1.54, 1.807) is 0 Å². The summed E-state index contributed by atoms with van der Waals surface area (Å²) in [5.74, 6) is -56.0. The van der Waals surface area contributed by atoms with Gasteiger partial charge in [0.15, 0.2) is 0 Å². The summed E-state index contributed by atoms with van der Waals surface area (Å²) in [7, 11) is -11.7. The third-order valence-electron chi connectivity index (χ3n) is 7.45. The Kier molecular flexibility index (Phi) is 13.2. The van der Waals surface area contributed by atoms with Crippen LogP contribution in [0.1, 0.15) is 71.6 Å². The molecule has 0 unspecified atom stereocenters. The number of ketones is 1. The second-order valence-corrected chi connectivity index (χ2v) is 16.0. The van der Waals surface area contributed by atoms with E-state index in [1.807, 2.05) is 0 Å². The highest BCUT2D eigenvalue weighted by molar-refractivity contribution is 8.33. The van der Waals surface area contributed by atoms with Crippen LogP contribution in [0.4, 0.5) is 74.6 Å².